The van der Waals surface area contributed by atoms with Crippen LogP contribution in [0.3, 0.4) is 0 Å². The zero-order valence-corrected chi connectivity index (χ0v) is 17.5. The van der Waals surface area contributed by atoms with Gasteiger partial charge in [-0.05, 0) is 48.2 Å². The van der Waals surface area contributed by atoms with E-state index in [0.29, 0.717) is 26.2 Å². The Kier molecular flexibility index (Phi) is 5.94. The van der Waals surface area contributed by atoms with Gasteiger partial charge in [0.25, 0.3) is 0 Å². The van der Waals surface area contributed by atoms with Gasteiger partial charge in [0.2, 0.25) is 11.8 Å². The molecule has 2 aliphatic rings. The molecule has 0 aliphatic carbocycles. The third kappa shape index (κ3) is 4.28. The lowest BCUT2D eigenvalue weighted by Gasteiger charge is -2.17. The Morgan fingerprint density at radius 2 is 1.93 bits per heavy atom. The van der Waals surface area contributed by atoms with E-state index in [0.717, 1.165) is 21.8 Å². The normalized spacial score (nSPS) is 18.6. The van der Waals surface area contributed by atoms with Gasteiger partial charge in [0.1, 0.15) is 6.61 Å². The molecule has 2 fully saturated rings. The molecular formula is C22H23N3O4S. The molecule has 0 radical (unpaired) electrons. The highest BCUT2D eigenvalue weighted by atomic mass is 32.2. The number of nitrogens with one attached hydrogen (secondary N) is 1. The zero-order valence-electron chi connectivity index (χ0n) is 16.7. The lowest BCUT2D eigenvalue weighted by Crippen LogP contribution is -2.32. The second-order valence-electron chi connectivity index (χ2n) is 7.26. The van der Waals surface area contributed by atoms with Crippen molar-refractivity contribution in [2.45, 2.75) is 17.9 Å². The Bertz CT molecular complexity index is 963. The summed E-state index contributed by atoms with van der Waals surface area (Å²) in [4.78, 5) is 41.2. The Morgan fingerprint density at radius 3 is 2.63 bits per heavy atom. The third-order valence-corrected chi connectivity index (χ3v) is 6.07. The van der Waals surface area contributed by atoms with E-state index in [9.17, 15) is 14.4 Å². The Labute approximate surface area is 179 Å². The van der Waals surface area contributed by atoms with Gasteiger partial charge in [-0.1, -0.05) is 12.1 Å². The van der Waals surface area contributed by atoms with Gasteiger partial charge in [-0.25, -0.2) is 4.79 Å². The maximum absolute atomic E-state index is 12.7. The molecular weight excluding hydrogens is 402 g/mol. The third-order valence-electron chi connectivity index (χ3n) is 5.33. The predicted octanol–water partition coefficient (Wildman–Crippen LogP) is 3.03. The number of carbonyl (C=O) groups excluding carboxylic acids is 3. The second kappa shape index (κ2) is 8.79. The maximum Gasteiger partial charge on any atom is 0.414 e. The van der Waals surface area contributed by atoms with E-state index < -0.39 is 0 Å². The number of nitrogens with zero attached hydrogens (tertiary/aromatic N) is 2. The van der Waals surface area contributed by atoms with Gasteiger partial charge in [-0.3, -0.25) is 14.5 Å². The van der Waals surface area contributed by atoms with Gasteiger partial charge in [0, 0.05) is 35.8 Å². The summed E-state index contributed by atoms with van der Waals surface area (Å²) >= 11 is 1.64. The Hall–Kier alpha value is -3.00. The number of anilines is 2. The zero-order chi connectivity index (χ0) is 21.1. The molecule has 156 valence electrons. The van der Waals surface area contributed by atoms with Crippen molar-refractivity contribution in [1.29, 1.82) is 0 Å². The standard InChI is InChI=1S/C22H23N3O4S/c1-30-19-7-5-17(6-8-19)25-14-16(12-20(25)26)21(27)23-13-15-3-2-4-18(11-15)24-9-10-29-22(24)28/h2-8,11,16H,9-10,12-14H2,1H3,(H,23,27). The van der Waals surface area contributed by atoms with Crippen molar-refractivity contribution in [3.05, 3.63) is 54.1 Å². The van der Waals surface area contributed by atoms with E-state index in [2.05, 4.69) is 5.32 Å². The predicted molar refractivity (Wildman–Crippen MR) is 116 cm³/mol. The lowest BCUT2D eigenvalue weighted by atomic mass is 10.1. The smallest absolute Gasteiger partial charge is 0.414 e. The molecule has 30 heavy (non-hydrogen) atoms. The van der Waals surface area contributed by atoms with Crippen LogP contribution in [0.2, 0.25) is 0 Å². The van der Waals surface area contributed by atoms with Crippen molar-refractivity contribution in [3.63, 3.8) is 0 Å². The average molecular weight is 426 g/mol. The largest absolute Gasteiger partial charge is 0.447 e. The van der Waals surface area contributed by atoms with Crippen LogP contribution in [0.4, 0.5) is 16.2 Å². The Morgan fingerprint density at radius 1 is 1.13 bits per heavy atom. The first-order valence-electron chi connectivity index (χ1n) is 9.80. The monoisotopic (exact) mass is 425 g/mol. The van der Waals surface area contributed by atoms with Gasteiger partial charge in [0.15, 0.2) is 0 Å². The number of benzene rings is 2. The van der Waals surface area contributed by atoms with E-state index in [1.54, 1.807) is 21.6 Å². The molecule has 8 heteroatoms. The maximum atomic E-state index is 12.7. The van der Waals surface area contributed by atoms with E-state index in [1.165, 1.54) is 0 Å². The molecule has 1 N–H and O–H groups in total. The molecule has 3 amide bonds. The number of hydrogen-bond acceptors (Lipinski definition) is 5. The van der Waals surface area contributed by atoms with Gasteiger partial charge in [-0.2, -0.15) is 0 Å². The fraction of sp³-hybridized carbons (Fsp3) is 0.318. The fourth-order valence-electron chi connectivity index (χ4n) is 3.69. The van der Waals surface area contributed by atoms with Crippen LogP contribution >= 0.6 is 11.8 Å². The van der Waals surface area contributed by atoms with E-state index >= 15 is 0 Å². The molecule has 2 heterocycles. The first kappa shape index (κ1) is 20.3. The number of ether oxygens (including phenoxy) is 1. The molecule has 0 bridgehead atoms. The molecule has 2 aromatic carbocycles. The van der Waals surface area contributed by atoms with Crippen LogP contribution in [0.5, 0.6) is 0 Å². The fourth-order valence-corrected chi connectivity index (χ4v) is 4.10. The molecule has 2 aromatic rings. The van der Waals surface area contributed by atoms with E-state index in [4.69, 9.17) is 4.74 Å². The second-order valence-corrected chi connectivity index (χ2v) is 8.14. The minimum atomic E-state index is -0.380. The number of thioether (sulfide) groups is 1. The summed E-state index contributed by atoms with van der Waals surface area (Å²) in [7, 11) is 0. The van der Waals surface area contributed by atoms with Crippen molar-refractivity contribution in [3.8, 4) is 0 Å². The van der Waals surface area contributed by atoms with E-state index in [-0.39, 0.29) is 30.2 Å². The summed E-state index contributed by atoms with van der Waals surface area (Å²) in [5.41, 5.74) is 2.45. The molecule has 0 aromatic heterocycles. The first-order chi connectivity index (χ1) is 14.5. The van der Waals surface area contributed by atoms with Gasteiger partial charge >= 0.3 is 6.09 Å². The highest BCUT2D eigenvalue weighted by Crippen LogP contribution is 2.27. The highest BCUT2D eigenvalue weighted by molar-refractivity contribution is 7.98. The summed E-state index contributed by atoms with van der Waals surface area (Å²) in [6.45, 7) is 1.62. The average Bonchev–Trinajstić information content (AvgIpc) is 3.38. The summed E-state index contributed by atoms with van der Waals surface area (Å²) in [5.74, 6) is -0.561. The quantitative estimate of drug-likeness (QED) is 0.720. The first-order valence-corrected chi connectivity index (χ1v) is 11.0. The van der Waals surface area contributed by atoms with Crippen LogP contribution in [0, 0.1) is 5.92 Å². The number of carbonyl (C=O) groups is 3. The highest BCUT2D eigenvalue weighted by Gasteiger charge is 2.35. The summed E-state index contributed by atoms with van der Waals surface area (Å²) in [6.07, 6.45) is 1.85. The summed E-state index contributed by atoms with van der Waals surface area (Å²) in [5, 5.41) is 2.92. The molecule has 7 nitrogen and oxygen atoms in total. The molecule has 2 saturated heterocycles. The van der Waals surface area contributed by atoms with Gasteiger partial charge in [0.05, 0.1) is 12.5 Å². The van der Waals surface area contributed by atoms with Gasteiger partial charge in [-0.15, -0.1) is 11.8 Å². The van der Waals surface area contributed by atoms with Crippen LogP contribution in [0.1, 0.15) is 12.0 Å². The number of amides is 3. The minimum Gasteiger partial charge on any atom is -0.447 e. The van der Waals surface area contributed by atoms with Crippen molar-refractivity contribution in [2.24, 2.45) is 5.92 Å². The SMILES string of the molecule is CSc1ccc(N2CC(C(=O)NCc3cccc(N4CCOC4=O)c3)CC2=O)cc1. The molecule has 4 rings (SSSR count). The number of rotatable bonds is 6. The number of cyclic esters (lactones) is 1. The lowest BCUT2D eigenvalue weighted by molar-refractivity contribution is -0.126. The summed E-state index contributed by atoms with van der Waals surface area (Å²) in [6, 6.07) is 15.2. The van der Waals surface area contributed by atoms with Gasteiger partial charge < -0.3 is 15.0 Å². The van der Waals surface area contributed by atoms with E-state index in [1.807, 2.05) is 54.8 Å². The summed E-state index contributed by atoms with van der Waals surface area (Å²) < 4.78 is 4.97. The van der Waals surface area contributed by atoms with Crippen molar-refractivity contribution >= 4 is 41.0 Å². The molecule has 1 atom stereocenters. The van der Waals surface area contributed by atoms with Crippen molar-refractivity contribution in [2.75, 3.05) is 35.8 Å². The topological polar surface area (TPSA) is 79.0 Å². The van der Waals surface area contributed by atoms with Crippen LogP contribution in [0.25, 0.3) is 0 Å². The van der Waals surface area contributed by atoms with Crippen LogP contribution in [0.15, 0.2) is 53.4 Å². The molecule has 1 unspecified atom stereocenters. The minimum absolute atomic E-state index is 0.0402. The van der Waals surface area contributed by atoms with Crippen LogP contribution in [-0.4, -0.2) is 43.9 Å². The molecule has 2 aliphatic heterocycles. The van der Waals surface area contributed by atoms with Crippen LogP contribution < -0.4 is 15.1 Å². The van der Waals surface area contributed by atoms with Crippen LogP contribution in [-0.2, 0) is 20.9 Å². The molecule has 0 saturated carbocycles. The van der Waals surface area contributed by atoms with Crippen molar-refractivity contribution in [1.82, 2.24) is 5.32 Å². The number of hydrogen-bond donors (Lipinski definition) is 1. The Balaban J connectivity index is 1.35. The molecule has 0 spiro atoms. The van der Waals surface area contributed by atoms with Crippen molar-refractivity contribution < 1.29 is 19.1 Å².